The lowest BCUT2D eigenvalue weighted by Gasteiger charge is -2.07. The Morgan fingerprint density at radius 1 is 1.14 bits per heavy atom. The van der Waals surface area contributed by atoms with Crippen LogP contribution in [0.25, 0.3) is 0 Å². The molecule has 0 saturated carbocycles. The molecule has 0 saturated heterocycles. The van der Waals surface area contributed by atoms with Gasteiger partial charge in [-0.05, 0) is 6.92 Å². The lowest BCUT2D eigenvalue weighted by atomic mass is 10.3. The van der Waals surface area contributed by atoms with E-state index in [4.69, 9.17) is 0 Å². The van der Waals surface area contributed by atoms with E-state index in [1.807, 2.05) is 13.8 Å². The van der Waals surface area contributed by atoms with Gasteiger partial charge in [0, 0.05) is 17.7 Å². The van der Waals surface area contributed by atoms with Crippen molar-refractivity contribution in [2.24, 2.45) is 0 Å². The van der Waals surface area contributed by atoms with Crippen LogP contribution in [0.3, 0.4) is 0 Å². The highest BCUT2D eigenvalue weighted by Gasteiger charge is 2.17. The van der Waals surface area contributed by atoms with Crippen LogP contribution in [0.2, 0.25) is 0 Å². The van der Waals surface area contributed by atoms with Crippen molar-refractivity contribution < 1.29 is 32.2 Å². The topological polar surface area (TPSA) is 52.6 Å². The fourth-order valence-corrected chi connectivity index (χ4v) is 1.02. The second-order valence-electron chi connectivity index (χ2n) is 3.53. The standard InChI is InChI=1S/C12H9F3O4.C2H6/c1-6(2)12(17)18-5-10(16)19-11-8(14)3-7(13)4-9(11)15;1-2/h3-4H,1,5H2,2H3;1-2H3. The van der Waals surface area contributed by atoms with Crippen molar-refractivity contribution in [1.82, 2.24) is 0 Å². The molecule has 0 N–H and O–H groups in total. The summed E-state index contributed by atoms with van der Waals surface area (Å²) in [5.74, 6) is -7.02. The molecule has 0 aliphatic heterocycles. The maximum Gasteiger partial charge on any atom is 0.349 e. The molecule has 0 spiro atoms. The molecule has 0 heterocycles. The lowest BCUT2D eigenvalue weighted by Crippen LogP contribution is -2.20. The van der Waals surface area contributed by atoms with Crippen LogP contribution < -0.4 is 4.74 Å². The van der Waals surface area contributed by atoms with Gasteiger partial charge in [0.15, 0.2) is 18.2 Å². The van der Waals surface area contributed by atoms with E-state index in [1.54, 1.807) is 0 Å². The number of hydrogen-bond donors (Lipinski definition) is 0. The van der Waals surface area contributed by atoms with E-state index in [0.717, 1.165) is 0 Å². The number of carbonyl (C=O) groups excluding carboxylic acids is 2. The molecule has 7 heteroatoms. The highest BCUT2D eigenvalue weighted by Crippen LogP contribution is 2.22. The molecule has 0 aromatic heterocycles. The molecule has 0 fully saturated rings. The van der Waals surface area contributed by atoms with Gasteiger partial charge in [0.2, 0.25) is 5.75 Å². The number of halogens is 3. The van der Waals surface area contributed by atoms with E-state index in [1.165, 1.54) is 6.92 Å². The molecule has 1 aromatic carbocycles. The monoisotopic (exact) mass is 304 g/mol. The quantitative estimate of drug-likeness (QED) is 0.487. The van der Waals surface area contributed by atoms with Crippen molar-refractivity contribution in [3.63, 3.8) is 0 Å². The Morgan fingerprint density at radius 2 is 1.62 bits per heavy atom. The molecule has 0 unspecified atom stereocenters. The van der Waals surface area contributed by atoms with Crippen molar-refractivity contribution in [1.29, 1.82) is 0 Å². The molecule has 0 atom stereocenters. The Hall–Kier alpha value is -2.31. The number of benzene rings is 1. The van der Waals surface area contributed by atoms with E-state index >= 15 is 0 Å². The number of ether oxygens (including phenoxy) is 2. The third kappa shape index (κ3) is 6.11. The number of esters is 2. The smallest absolute Gasteiger partial charge is 0.349 e. The van der Waals surface area contributed by atoms with Crippen molar-refractivity contribution >= 4 is 11.9 Å². The second kappa shape index (κ2) is 8.78. The van der Waals surface area contributed by atoms with Gasteiger partial charge in [0.1, 0.15) is 5.82 Å². The van der Waals surface area contributed by atoms with Crippen molar-refractivity contribution in [3.05, 3.63) is 41.7 Å². The Kier molecular flexibility index (Phi) is 7.81. The molecular weight excluding hydrogens is 289 g/mol. The minimum Gasteiger partial charge on any atom is -0.450 e. The highest BCUT2D eigenvalue weighted by molar-refractivity contribution is 5.88. The van der Waals surface area contributed by atoms with Gasteiger partial charge in [-0.3, -0.25) is 0 Å². The predicted molar refractivity (Wildman–Crippen MR) is 69.1 cm³/mol. The molecule has 0 aliphatic carbocycles. The van der Waals surface area contributed by atoms with Crippen LogP contribution in [0.1, 0.15) is 20.8 Å². The third-order valence-corrected chi connectivity index (χ3v) is 1.85. The summed E-state index contributed by atoms with van der Waals surface area (Å²) in [5, 5.41) is 0. The summed E-state index contributed by atoms with van der Waals surface area (Å²) < 4.78 is 47.5. The zero-order valence-corrected chi connectivity index (χ0v) is 11.8. The molecule has 0 bridgehead atoms. The van der Waals surface area contributed by atoms with Crippen LogP contribution >= 0.6 is 0 Å². The van der Waals surface area contributed by atoms with E-state index in [0.29, 0.717) is 12.1 Å². The van der Waals surface area contributed by atoms with Crippen LogP contribution in [-0.4, -0.2) is 18.5 Å². The molecular formula is C14H15F3O4. The van der Waals surface area contributed by atoms with Gasteiger partial charge in [-0.1, -0.05) is 20.4 Å². The van der Waals surface area contributed by atoms with Gasteiger partial charge < -0.3 is 9.47 Å². The fourth-order valence-electron chi connectivity index (χ4n) is 1.02. The van der Waals surface area contributed by atoms with Gasteiger partial charge in [-0.2, -0.15) is 0 Å². The molecule has 0 aliphatic rings. The minimum atomic E-state index is -1.38. The van der Waals surface area contributed by atoms with Gasteiger partial charge in [0.05, 0.1) is 0 Å². The lowest BCUT2D eigenvalue weighted by molar-refractivity contribution is -0.151. The van der Waals surface area contributed by atoms with Crippen molar-refractivity contribution in [3.8, 4) is 5.75 Å². The average Bonchev–Trinajstić information content (AvgIpc) is 2.42. The molecule has 0 radical (unpaired) electrons. The summed E-state index contributed by atoms with van der Waals surface area (Å²) in [6, 6.07) is 0.706. The highest BCUT2D eigenvalue weighted by atomic mass is 19.1. The summed E-state index contributed by atoms with van der Waals surface area (Å²) in [6.45, 7) is 7.78. The Bertz CT molecular complexity index is 518. The van der Waals surface area contributed by atoms with Gasteiger partial charge in [-0.25, -0.2) is 22.8 Å². The second-order valence-corrected chi connectivity index (χ2v) is 3.53. The van der Waals surface area contributed by atoms with Crippen LogP contribution in [0, 0.1) is 17.5 Å². The predicted octanol–water partition coefficient (Wildman–Crippen LogP) is 3.15. The summed E-state index contributed by atoms with van der Waals surface area (Å²) in [6.07, 6.45) is 0. The Balaban J connectivity index is 0.00000191. The summed E-state index contributed by atoms with van der Waals surface area (Å²) in [4.78, 5) is 22.1. The van der Waals surface area contributed by atoms with Crippen LogP contribution in [0.5, 0.6) is 5.75 Å². The zero-order chi connectivity index (χ0) is 16.6. The zero-order valence-electron chi connectivity index (χ0n) is 11.8. The average molecular weight is 304 g/mol. The normalized spacial score (nSPS) is 9.24. The number of hydrogen-bond acceptors (Lipinski definition) is 4. The summed E-state index contributed by atoms with van der Waals surface area (Å²) >= 11 is 0. The number of carbonyl (C=O) groups is 2. The van der Waals surface area contributed by atoms with Gasteiger partial charge >= 0.3 is 11.9 Å². The third-order valence-electron chi connectivity index (χ3n) is 1.85. The minimum absolute atomic E-state index is 0.0481. The first-order valence-electron chi connectivity index (χ1n) is 5.99. The molecule has 1 aromatic rings. The first-order valence-corrected chi connectivity index (χ1v) is 5.99. The largest absolute Gasteiger partial charge is 0.450 e. The first-order chi connectivity index (χ1) is 9.81. The SMILES string of the molecule is C=C(C)C(=O)OCC(=O)Oc1c(F)cc(F)cc1F.CC. The van der Waals surface area contributed by atoms with Crippen LogP contribution in [0.15, 0.2) is 24.3 Å². The number of rotatable bonds is 4. The van der Waals surface area contributed by atoms with E-state index < -0.39 is 41.7 Å². The van der Waals surface area contributed by atoms with Crippen molar-refractivity contribution in [2.45, 2.75) is 20.8 Å². The first kappa shape index (κ1) is 18.7. The Morgan fingerprint density at radius 3 is 2.05 bits per heavy atom. The summed E-state index contributed by atoms with van der Waals surface area (Å²) in [7, 11) is 0. The molecule has 1 rings (SSSR count). The maximum absolute atomic E-state index is 13.1. The summed E-state index contributed by atoms with van der Waals surface area (Å²) in [5.41, 5.74) is 0.0481. The fraction of sp³-hybridized carbons (Fsp3) is 0.286. The van der Waals surface area contributed by atoms with Crippen LogP contribution in [-0.2, 0) is 14.3 Å². The maximum atomic E-state index is 13.1. The van der Waals surface area contributed by atoms with E-state index in [9.17, 15) is 22.8 Å². The molecule has 21 heavy (non-hydrogen) atoms. The molecule has 116 valence electrons. The molecule has 0 amide bonds. The van der Waals surface area contributed by atoms with E-state index in [-0.39, 0.29) is 5.57 Å². The van der Waals surface area contributed by atoms with Gasteiger partial charge in [-0.15, -0.1) is 0 Å². The molecule has 4 nitrogen and oxygen atoms in total. The van der Waals surface area contributed by atoms with Crippen LogP contribution in [0.4, 0.5) is 13.2 Å². The van der Waals surface area contributed by atoms with E-state index in [2.05, 4.69) is 16.1 Å². The Labute approximate surface area is 120 Å². The van der Waals surface area contributed by atoms with Crippen molar-refractivity contribution in [2.75, 3.05) is 6.61 Å². The van der Waals surface area contributed by atoms with Gasteiger partial charge in [0.25, 0.3) is 0 Å².